The van der Waals surface area contributed by atoms with Crippen molar-refractivity contribution in [1.82, 2.24) is 5.32 Å². The van der Waals surface area contributed by atoms with Crippen molar-refractivity contribution < 1.29 is 24.2 Å². The van der Waals surface area contributed by atoms with Gasteiger partial charge >= 0.3 is 5.97 Å². The van der Waals surface area contributed by atoms with Gasteiger partial charge < -0.3 is 19.9 Å². The molecule has 0 bridgehead atoms. The minimum Gasteiger partial charge on any atom is -0.496 e. The minimum absolute atomic E-state index is 0.0725. The number of methoxy groups -OCH3 is 1. The van der Waals surface area contributed by atoms with Crippen molar-refractivity contribution >= 4 is 11.9 Å². The highest BCUT2D eigenvalue weighted by Crippen LogP contribution is 2.50. The topological polar surface area (TPSA) is 84.9 Å². The molecule has 0 atom stereocenters. The lowest BCUT2D eigenvalue weighted by Crippen LogP contribution is -2.32. The molecule has 1 aliphatic carbocycles. The van der Waals surface area contributed by atoms with Gasteiger partial charge in [0.1, 0.15) is 11.5 Å². The zero-order valence-corrected chi connectivity index (χ0v) is 16.4. The van der Waals surface area contributed by atoms with Gasteiger partial charge in [0.2, 0.25) is 0 Å². The zero-order valence-electron chi connectivity index (χ0n) is 16.4. The number of ether oxygens (including phenoxy) is 2. The second-order valence-corrected chi connectivity index (χ2v) is 7.28. The molecule has 2 aromatic carbocycles. The third kappa shape index (κ3) is 4.11. The molecule has 2 aromatic rings. The van der Waals surface area contributed by atoms with Gasteiger partial charge in [-0.15, -0.1) is 0 Å². The van der Waals surface area contributed by atoms with E-state index >= 15 is 0 Å². The number of aliphatic carboxylic acids is 1. The van der Waals surface area contributed by atoms with Gasteiger partial charge in [0.05, 0.1) is 7.11 Å². The van der Waals surface area contributed by atoms with Crippen molar-refractivity contribution in [2.24, 2.45) is 0 Å². The number of carbonyl (C=O) groups excluding carboxylic acids is 1. The lowest BCUT2D eigenvalue weighted by atomic mass is 9.94. The molecule has 1 fully saturated rings. The number of benzene rings is 2. The number of carboxylic acid groups (broad SMARTS) is 1. The van der Waals surface area contributed by atoms with Crippen LogP contribution in [-0.2, 0) is 10.2 Å². The molecule has 1 aliphatic rings. The van der Waals surface area contributed by atoms with E-state index in [0.29, 0.717) is 17.9 Å². The largest absolute Gasteiger partial charge is 0.496 e. The number of hydrogen-bond donors (Lipinski definition) is 2. The van der Waals surface area contributed by atoms with E-state index in [1.807, 2.05) is 18.2 Å². The Hall–Kier alpha value is -3.02. The van der Waals surface area contributed by atoms with Gasteiger partial charge in [-0.2, -0.15) is 0 Å². The van der Waals surface area contributed by atoms with E-state index in [2.05, 4.69) is 11.4 Å². The molecular formula is C22H25NO5. The molecule has 2 N–H and O–H groups in total. The molecule has 0 aromatic heterocycles. The van der Waals surface area contributed by atoms with Crippen LogP contribution >= 0.6 is 0 Å². The van der Waals surface area contributed by atoms with Crippen LogP contribution < -0.4 is 14.8 Å². The summed E-state index contributed by atoms with van der Waals surface area (Å²) in [6.45, 7) is 3.74. The average Bonchev–Trinajstić information content (AvgIpc) is 3.46. The van der Waals surface area contributed by atoms with Crippen molar-refractivity contribution in [2.45, 2.75) is 32.1 Å². The van der Waals surface area contributed by atoms with E-state index in [1.165, 1.54) is 0 Å². The van der Waals surface area contributed by atoms with E-state index < -0.39 is 12.6 Å². The molecular weight excluding hydrogens is 358 g/mol. The molecule has 0 aliphatic heterocycles. The van der Waals surface area contributed by atoms with Crippen LogP contribution in [0.3, 0.4) is 0 Å². The summed E-state index contributed by atoms with van der Waals surface area (Å²) >= 11 is 0. The van der Waals surface area contributed by atoms with Gasteiger partial charge in [0.25, 0.3) is 5.91 Å². The van der Waals surface area contributed by atoms with E-state index in [0.717, 1.165) is 35.3 Å². The van der Waals surface area contributed by atoms with Crippen molar-refractivity contribution in [3.05, 3.63) is 58.7 Å². The smallest absolute Gasteiger partial charge is 0.341 e. The summed E-state index contributed by atoms with van der Waals surface area (Å²) in [5.41, 5.74) is 3.06. The highest BCUT2D eigenvalue weighted by Gasteiger charge is 2.46. The van der Waals surface area contributed by atoms with Gasteiger partial charge in [-0.1, -0.05) is 18.2 Å². The van der Waals surface area contributed by atoms with Gasteiger partial charge in [-0.05, 0) is 56.0 Å². The number of aryl methyl sites for hydroxylation is 2. The van der Waals surface area contributed by atoms with Crippen LogP contribution in [0, 0.1) is 13.8 Å². The van der Waals surface area contributed by atoms with Crippen LogP contribution in [0.25, 0.3) is 0 Å². The molecule has 6 heteroatoms. The van der Waals surface area contributed by atoms with Crippen LogP contribution in [0.1, 0.15) is 39.9 Å². The summed E-state index contributed by atoms with van der Waals surface area (Å²) in [6, 6.07) is 11.4. The Morgan fingerprint density at radius 1 is 1.14 bits per heavy atom. The molecule has 1 amide bonds. The van der Waals surface area contributed by atoms with Crippen molar-refractivity contribution in [3.8, 4) is 11.5 Å². The second-order valence-electron chi connectivity index (χ2n) is 7.28. The Kier molecular flexibility index (Phi) is 5.58. The summed E-state index contributed by atoms with van der Waals surface area (Å²) in [5, 5.41) is 11.8. The Balaban J connectivity index is 1.71. The van der Waals surface area contributed by atoms with Gasteiger partial charge in [0, 0.05) is 23.1 Å². The van der Waals surface area contributed by atoms with Crippen LogP contribution in [0.15, 0.2) is 36.4 Å². The molecule has 3 rings (SSSR count). The number of rotatable bonds is 8. The summed E-state index contributed by atoms with van der Waals surface area (Å²) in [5.74, 6) is 0.163. The molecule has 0 saturated heterocycles. The third-order valence-electron chi connectivity index (χ3n) is 5.18. The molecule has 0 radical (unpaired) electrons. The van der Waals surface area contributed by atoms with Crippen molar-refractivity contribution in [1.29, 1.82) is 0 Å². The maximum Gasteiger partial charge on any atom is 0.341 e. The molecule has 1 saturated carbocycles. The maximum atomic E-state index is 12.7. The summed E-state index contributed by atoms with van der Waals surface area (Å²) in [6.07, 6.45) is 2.02. The SMILES string of the molecule is COc1ccccc1C1(CNC(=O)c2cc(C)c(OCC(=O)O)c(C)c2)CC1. The third-order valence-corrected chi connectivity index (χ3v) is 5.18. The van der Waals surface area contributed by atoms with Crippen LogP contribution in [-0.4, -0.2) is 37.2 Å². The molecule has 148 valence electrons. The average molecular weight is 383 g/mol. The zero-order chi connectivity index (χ0) is 20.3. The monoisotopic (exact) mass is 383 g/mol. The predicted octanol–water partition coefficient (Wildman–Crippen LogP) is 3.24. The Bertz CT molecular complexity index is 879. The Morgan fingerprint density at radius 2 is 1.79 bits per heavy atom. The highest BCUT2D eigenvalue weighted by molar-refractivity contribution is 5.95. The number of carboxylic acids is 1. The predicted molar refractivity (Wildman–Crippen MR) is 105 cm³/mol. The van der Waals surface area contributed by atoms with Crippen molar-refractivity contribution in [3.63, 3.8) is 0 Å². The lowest BCUT2D eigenvalue weighted by Gasteiger charge is -2.20. The molecule has 0 heterocycles. The maximum absolute atomic E-state index is 12.7. The molecule has 0 spiro atoms. The Labute approximate surface area is 164 Å². The number of carbonyl (C=O) groups is 2. The lowest BCUT2D eigenvalue weighted by molar-refractivity contribution is -0.139. The first-order chi connectivity index (χ1) is 13.4. The molecule has 0 unspecified atom stereocenters. The second kappa shape index (κ2) is 7.92. The number of amides is 1. The molecule has 28 heavy (non-hydrogen) atoms. The van der Waals surface area contributed by atoms with E-state index in [1.54, 1.807) is 33.1 Å². The Morgan fingerprint density at radius 3 is 2.36 bits per heavy atom. The first kappa shape index (κ1) is 19.7. The van der Waals surface area contributed by atoms with Gasteiger partial charge in [-0.25, -0.2) is 4.79 Å². The normalized spacial score (nSPS) is 14.2. The van der Waals surface area contributed by atoms with E-state index in [4.69, 9.17) is 14.6 Å². The van der Waals surface area contributed by atoms with E-state index in [-0.39, 0.29) is 11.3 Å². The number of para-hydroxylation sites is 1. The fourth-order valence-electron chi connectivity index (χ4n) is 3.57. The van der Waals surface area contributed by atoms with Crippen LogP contribution in [0.2, 0.25) is 0 Å². The molecule has 6 nitrogen and oxygen atoms in total. The van der Waals surface area contributed by atoms with Gasteiger partial charge in [-0.3, -0.25) is 4.79 Å². The first-order valence-corrected chi connectivity index (χ1v) is 9.24. The van der Waals surface area contributed by atoms with Crippen molar-refractivity contribution in [2.75, 3.05) is 20.3 Å². The van der Waals surface area contributed by atoms with E-state index in [9.17, 15) is 9.59 Å². The van der Waals surface area contributed by atoms with Crippen LogP contribution in [0.5, 0.6) is 11.5 Å². The first-order valence-electron chi connectivity index (χ1n) is 9.24. The fourth-order valence-corrected chi connectivity index (χ4v) is 3.57. The standard InChI is InChI=1S/C22H25NO5/c1-14-10-16(11-15(2)20(14)28-12-19(24)25)21(26)23-13-22(8-9-22)17-6-4-5-7-18(17)27-3/h4-7,10-11H,8-9,12-13H2,1-3H3,(H,23,26)(H,24,25). The minimum atomic E-state index is -1.04. The van der Waals surface area contributed by atoms with Gasteiger partial charge in [0.15, 0.2) is 6.61 Å². The quantitative estimate of drug-likeness (QED) is 0.731. The summed E-state index contributed by atoms with van der Waals surface area (Å²) in [7, 11) is 1.66. The number of hydrogen-bond acceptors (Lipinski definition) is 4. The highest BCUT2D eigenvalue weighted by atomic mass is 16.5. The summed E-state index contributed by atoms with van der Waals surface area (Å²) in [4.78, 5) is 23.4. The fraction of sp³-hybridized carbons (Fsp3) is 0.364. The van der Waals surface area contributed by atoms with Crippen LogP contribution in [0.4, 0.5) is 0 Å². The summed E-state index contributed by atoms with van der Waals surface area (Å²) < 4.78 is 10.8. The number of nitrogens with one attached hydrogen (secondary N) is 1.